The van der Waals surface area contributed by atoms with Crippen molar-refractivity contribution in [2.75, 3.05) is 19.2 Å². The first kappa shape index (κ1) is 24.0. The maximum absolute atomic E-state index is 13.2. The number of hydrogen-bond acceptors (Lipinski definition) is 10. The van der Waals surface area contributed by atoms with Crippen molar-refractivity contribution in [3.05, 3.63) is 81.4 Å². The highest BCUT2D eigenvalue weighted by Crippen LogP contribution is 2.29. The molecule has 1 aliphatic rings. The second kappa shape index (κ2) is 9.86. The summed E-state index contributed by atoms with van der Waals surface area (Å²) in [6.45, 7) is 1.39. The summed E-state index contributed by atoms with van der Waals surface area (Å²) < 4.78 is 9.61. The number of carbonyl (C=O) groups is 4. The molecule has 0 fully saturated rings. The number of nitro benzene ring substituents is 1. The van der Waals surface area contributed by atoms with E-state index in [2.05, 4.69) is 5.10 Å². The Bertz CT molecular complexity index is 1230. The van der Waals surface area contributed by atoms with Gasteiger partial charge in [0, 0.05) is 23.3 Å². The summed E-state index contributed by atoms with van der Waals surface area (Å²) in [6.07, 6.45) is 1.14. The molecule has 2 aromatic carbocycles. The fraction of sp³-hybridized carbons (Fsp3) is 0.174. The number of Topliss-reactive ketones (excluding diaryl/α,β-unsaturated/α-hetero) is 2. The zero-order valence-electron chi connectivity index (χ0n) is 18.4. The van der Waals surface area contributed by atoms with Crippen molar-refractivity contribution in [2.45, 2.75) is 13.0 Å². The predicted molar refractivity (Wildman–Crippen MR) is 120 cm³/mol. The van der Waals surface area contributed by atoms with E-state index in [1.807, 2.05) is 0 Å². The molecule has 0 radical (unpaired) electrons. The monoisotopic (exact) mass is 465 g/mol. The number of non-ortho nitro benzene ring substituents is 1. The maximum Gasteiger partial charge on any atom is 0.336 e. The van der Waals surface area contributed by atoms with Crippen molar-refractivity contribution in [2.24, 2.45) is 5.10 Å². The van der Waals surface area contributed by atoms with Gasteiger partial charge in [0.25, 0.3) is 5.69 Å². The number of rotatable bonds is 7. The van der Waals surface area contributed by atoms with Gasteiger partial charge in [-0.1, -0.05) is 24.3 Å². The van der Waals surface area contributed by atoms with E-state index in [9.17, 15) is 29.3 Å². The Morgan fingerprint density at radius 1 is 0.941 bits per heavy atom. The molecule has 0 aliphatic carbocycles. The summed E-state index contributed by atoms with van der Waals surface area (Å²) in [6, 6.07) is 9.46. The molecule has 34 heavy (non-hydrogen) atoms. The van der Waals surface area contributed by atoms with Crippen molar-refractivity contribution in [3.8, 4) is 0 Å². The van der Waals surface area contributed by atoms with Gasteiger partial charge in [0.2, 0.25) is 5.78 Å². The molecule has 11 nitrogen and oxygen atoms in total. The number of methoxy groups -OCH3 is 2. The first-order valence-electron chi connectivity index (χ1n) is 9.83. The topological polar surface area (TPSA) is 145 Å². The van der Waals surface area contributed by atoms with Crippen LogP contribution in [0.5, 0.6) is 0 Å². The number of esters is 2. The Kier molecular flexibility index (Phi) is 6.95. The van der Waals surface area contributed by atoms with Gasteiger partial charge in [0.1, 0.15) is 5.71 Å². The minimum atomic E-state index is -1.41. The number of ketones is 2. The van der Waals surface area contributed by atoms with Crippen molar-refractivity contribution < 1.29 is 33.6 Å². The Morgan fingerprint density at radius 2 is 1.53 bits per heavy atom. The van der Waals surface area contributed by atoms with Gasteiger partial charge in [0.15, 0.2) is 11.8 Å². The lowest BCUT2D eigenvalue weighted by molar-refractivity contribution is -0.384. The molecule has 3 rings (SSSR count). The molecule has 11 heteroatoms. The van der Waals surface area contributed by atoms with Gasteiger partial charge in [-0.05, 0) is 25.1 Å². The van der Waals surface area contributed by atoms with Crippen LogP contribution in [-0.4, -0.2) is 54.4 Å². The molecular formula is C23H19N3O8. The smallest absolute Gasteiger partial charge is 0.336 e. The molecule has 1 atom stereocenters. The van der Waals surface area contributed by atoms with Crippen LogP contribution >= 0.6 is 0 Å². The number of nitro groups is 1. The Hall–Kier alpha value is -4.67. The van der Waals surface area contributed by atoms with Gasteiger partial charge in [-0.15, -0.1) is 0 Å². The molecule has 0 aromatic heterocycles. The van der Waals surface area contributed by atoms with Gasteiger partial charge in [-0.2, -0.15) is 5.10 Å². The maximum atomic E-state index is 13.2. The van der Waals surface area contributed by atoms with Crippen molar-refractivity contribution >= 4 is 40.6 Å². The predicted octanol–water partition coefficient (Wildman–Crippen LogP) is 2.50. The summed E-state index contributed by atoms with van der Waals surface area (Å²) >= 11 is 0. The molecular weight excluding hydrogens is 446 g/mol. The van der Waals surface area contributed by atoms with Crippen molar-refractivity contribution in [3.63, 3.8) is 0 Å². The van der Waals surface area contributed by atoms with Crippen LogP contribution in [0.1, 0.15) is 27.6 Å². The van der Waals surface area contributed by atoms with Crippen LogP contribution in [0.2, 0.25) is 0 Å². The average molecular weight is 465 g/mol. The van der Waals surface area contributed by atoms with Crippen molar-refractivity contribution in [1.29, 1.82) is 0 Å². The molecule has 0 amide bonds. The average Bonchev–Trinajstić information content (AvgIpc) is 2.86. The van der Waals surface area contributed by atoms with Gasteiger partial charge in [-0.25, -0.2) is 14.6 Å². The summed E-state index contributed by atoms with van der Waals surface area (Å²) in [4.78, 5) is 60.2. The molecule has 0 N–H and O–H groups in total. The summed E-state index contributed by atoms with van der Waals surface area (Å²) in [5, 5.41) is 16.3. The number of hydrogen-bond donors (Lipinski definition) is 0. The minimum Gasteiger partial charge on any atom is -0.467 e. The number of carbonyl (C=O) groups excluding carboxylic acids is 4. The summed E-state index contributed by atoms with van der Waals surface area (Å²) in [5.41, 5.74) is 0.161. The van der Waals surface area contributed by atoms with Crippen LogP contribution in [0.25, 0.3) is 0 Å². The third kappa shape index (κ3) is 4.72. The fourth-order valence-electron chi connectivity index (χ4n) is 3.24. The molecule has 1 unspecified atom stereocenters. The van der Waals surface area contributed by atoms with Crippen LogP contribution in [0.15, 0.2) is 65.3 Å². The van der Waals surface area contributed by atoms with Crippen LogP contribution in [0.3, 0.4) is 0 Å². The number of hydrazone groups is 1. The number of allylic oxidation sites excluding steroid dienone is 1. The highest BCUT2D eigenvalue weighted by molar-refractivity contribution is 6.50. The van der Waals surface area contributed by atoms with E-state index in [-0.39, 0.29) is 34.0 Å². The number of anilines is 1. The van der Waals surface area contributed by atoms with Crippen LogP contribution in [0, 0.1) is 10.1 Å². The van der Waals surface area contributed by atoms with Crippen LogP contribution < -0.4 is 5.01 Å². The van der Waals surface area contributed by atoms with E-state index in [0.29, 0.717) is 5.56 Å². The zero-order chi connectivity index (χ0) is 25.0. The Morgan fingerprint density at radius 3 is 2.03 bits per heavy atom. The van der Waals surface area contributed by atoms with E-state index < -0.39 is 28.7 Å². The number of benzene rings is 2. The highest BCUT2D eigenvalue weighted by Gasteiger charge is 2.39. The molecule has 0 spiro atoms. The van der Waals surface area contributed by atoms with Gasteiger partial charge in [0.05, 0.1) is 30.4 Å². The SMILES string of the molecule is COC(=O)C1=CC(C(=O)c2ccc(C(C)=O)cc2)=NN(c2ccc([N+](=O)[O-])cc2)C1C(=O)OC. The molecule has 174 valence electrons. The lowest BCUT2D eigenvalue weighted by Gasteiger charge is -2.31. The Balaban J connectivity index is 2.13. The lowest BCUT2D eigenvalue weighted by atomic mass is 9.97. The third-order valence-corrected chi connectivity index (χ3v) is 5.00. The molecule has 0 saturated heterocycles. The van der Waals surface area contributed by atoms with E-state index in [1.165, 1.54) is 55.5 Å². The van der Waals surface area contributed by atoms with E-state index in [1.54, 1.807) is 0 Å². The Labute approximate surface area is 193 Å². The lowest BCUT2D eigenvalue weighted by Crippen LogP contribution is -2.46. The molecule has 1 aliphatic heterocycles. The summed E-state index contributed by atoms with van der Waals surface area (Å²) in [7, 11) is 2.23. The van der Waals surface area contributed by atoms with E-state index in [4.69, 9.17) is 9.47 Å². The zero-order valence-corrected chi connectivity index (χ0v) is 18.4. The normalized spacial score (nSPS) is 15.0. The standard InChI is InChI=1S/C23H19N3O8/c1-13(27)14-4-6-15(7-5-14)21(28)19-12-18(22(29)33-2)20(23(30)34-3)25(24-19)16-8-10-17(11-9-16)26(31)32/h4-12,20H,1-3H3. The molecule has 1 heterocycles. The van der Waals surface area contributed by atoms with E-state index >= 15 is 0 Å². The third-order valence-electron chi connectivity index (χ3n) is 5.00. The van der Waals surface area contributed by atoms with Crippen LogP contribution in [0.4, 0.5) is 11.4 Å². The molecule has 0 bridgehead atoms. The quantitative estimate of drug-likeness (QED) is 0.260. The largest absolute Gasteiger partial charge is 0.467 e. The van der Waals surface area contributed by atoms with Gasteiger partial charge >= 0.3 is 11.9 Å². The first-order chi connectivity index (χ1) is 16.2. The van der Waals surface area contributed by atoms with Gasteiger partial charge in [-0.3, -0.25) is 19.7 Å². The van der Waals surface area contributed by atoms with Gasteiger partial charge < -0.3 is 9.47 Å². The first-order valence-corrected chi connectivity index (χ1v) is 9.83. The second-order valence-corrected chi connectivity index (χ2v) is 7.08. The highest BCUT2D eigenvalue weighted by atomic mass is 16.6. The van der Waals surface area contributed by atoms with Crippen LogP contribution in [-0.2, 0) is 19.1 Å². The van der Waals surface area contributed by atoms with E-state index in [0.717, 1.165) is 25.3 Å². The summed E-state index contributed by atoms with van der Waals surface area (Å²) in [5.74, 6) is -2.52. The number of ether oxygens (including phenoxy) is 2. The minimum absolute atomic E-state index is 0.174. The fourth-order valence-corrected chi connectivity index (χ4v) is 3.24. The number of nitrogens with zero attached hydrogens (tertiary/aromatic N) is 3. The second-order valence-electron chi connectivity index (χ2n) is 7.08. The van der Waals surface area contributed by atoms with Crippen molar-refractivity contribution in [1.82, 2.24) is 0 Å². The molecule has 2 aromatic rings. The molecule has 0 saturated carbocycles.